The van der Waals surface area contributed by atoms with Crippen LogP contribution in [0.1, 0.15) is 18.2 Å². The van der Waals surface area contributed by atoms with Crippen molar-refractivity contribution < 1.29 is 9.59 Å². The number of benzene rings is 1. The van der Waals surface area contributed by atoms with Crippen LogP contribution in [0.25, 0.3) is 10.9 Å². The molecule has 1 unspecified atom stereocenters. The molecule has 0 aliphatic carbocycles. The third-order valence-electron chi connectivity index (χ3n) is 4.87. The van der Waals surface area contributed by atoms with E-state index in [0.717, 1.165) is 21.0 Å². The summed E-state index contributed by atoms with van der Waals surface area (Å²) in [6.07, 6.45) is 1.93. The number of fused-ring (bicyclic) bond motifs is 1. The maximum Gasteiger partial charge on any atom is 0.330 e. The maximum absolute atomic E-state index is 12.3. The van der Waals surface area contributed by atoms with E-state index in [1.165, 1.54) is 24.7 Å². The Bertz CT molecular complexity index is 1190. The first-order valence-corrected chi connectivity index (χ1v) is 9.16. The van der Waals surface area contributed by atoms with Crippen LogP contribution in [-0.2, 0) is 36.6 Å². The van der Waals surface area contributed by atoms with Gasteiger partial charge in [-0.1, -0.05) is 18.2 Å². The van der Waals surface area contributed by atoms with Gasteiger partial charge in [0.1, 0.15) is 6.04 Å². The number of nitrogens with one attached hydrogen (secondary N) is 3. The first-order chi connectivity index (χ1) is 13.8. The van der Waals surface area contributed by atoms with Crippen molar-refractivity contribution >= 4 is 22.7 Å². The average molecular weight is 397 g/mol. The molecule has 1 atom stereocenters. The quantitative estimate of drug-likeness (QED) is 0.540. The summed E-state index contributed by atoms with van der Waals surface area (Å²) in [5, 5.41) is 6.27. The van der Waals surface area contributed by atoms with E-state index < -0.39 is 23.2 Å². The lowest BCUT2D eigenvalue weighted by atomic mass is 10.1. The Balaban J connectivity index is 1.59. The number of hydrogen-bond acceptors (Lipinski definition) is 4. The van der Waals surface area contributed by atoms with Crippen LogP contribution >= 0.6 is 0 Å². The van der Waals surface area contributed by atoms with Gasteiger partial charge in [-0.05, 0) is 18.6 Å². The van der Waals surface area contributed by atoms with E-state index in [2.05, 4.69) is 15.6 Å². The predicted molar refractivity (Wildman–Crippen MR) is 108 cm³/mol. The van der Waals surface area contributed by atoms with Crippen LogP contribution in [0.2, 0.25) is 0 Å². The van der Waals surface area contributed by atoms with Gasteiger partial charge >= 0.3 is 5.69 Å². The summed E-state index contributed by atoms with van der Waals surface area (Å²) in [4.78, 5) is 51.4. The molecule has 0 aliphatic heterocycles. The standard InChI is InChI=1S/C20H23N5O4/c1-12(19(28)22-11-14-9-18(27)25(3)20(29)24(14)2)23-17(26)8-13-10-21-16-7-5-4-6-15(13)16/h4-7,9-10,12,21H,8,11H2,1-3H3,(H,22,28)(H,23,26). The van der Waals surface area contributed by atoms with E-state index in [1.807, 2.05) is 24.3 Å². The summed E-state index contributed by atoms with van der Waals surface area (Å²) in [5.74, 6) is -0.691. The highest BCUT2D eigenvalue weighted by Gasteiger charge is 2.17. The number of aromatic nitrogens is 3. The van der Waals surface area contributed by atoms with Crippen LogP contribution in [0.5, 0.6) is 0 Å². The molecule has 0 spiro atoms. The molecule has 0 saturated heterocycles. The molecule has 152 valence electrons. The van der Waals surface area contributed by atoms with Crippen molar-refractivity contribution in [2.45, 2.75) is 25.9 Å². The van der Waals surface area contributed by atoms with Crippen LogP contribution < -0.4 is 21.9 Å². The van der Waals surface area contributed by atoms with Crippen LogP contribution in [0.4, 0.5) is 0 Å². The van der Waals surface area contributed by atoms with Crippen LogP contribution in [0, 0.1) is 0 Å². The zero-order valence-electron chi connectivity index (χ0n) is 16.5. The highest BCUT2D eigenvalue weighted by atomic mass is 16.2. The molecular weight excluding hydrogens is 374 g/mol. The van der Waals surface area contributed by atoms with Crippen molar-refractivity contribution in [3.8, 4) is 0 Å². The Morgan fingerprint density at radius 2 is 1.86 bits per heavy atom. The van der Waals surface area contributed by atoms with Crippen LogP contribution in [-0.4, -0.2) is 32.0 Å². The molecule has 9 heteroatoms. The fourth-order valence-electron chi connectivity index (χ4n) is 3.09. The predicted octanol–water partition coefficient (Wildman–Crippen LogP) is -0.0711. The van der Waals surface area contributed by atoms with Crippen molar-refractivity contribution in [1.82, 2.24) is 24.8 Å². The first-order valence-electron chi connectivity index (χ1n) is 9.16. The van der Waals surface area contributed by atoms with Gasteiger partial charge in [-0.25, -0.2) is 4.79 Å². The number of carbonyl (C=O) groups is 2. The molecule has 3 N–H and O–H groups in total. The molecule has 0 radical (unpaired) electrons. The molecule has 1 aromatic carbocycles. The monoisotopic (exact) mass is 397 g/mol. The van der Waals surface area contributed by atoms with Gasteiger partial charge in [0.15, 0.2) is 0 Å². The van der Waals surface area contributed by atoms with Crippen LogP contribution in [0.15, 0.2) is 46.1 Å². The summed E-state index contributed by atoms with van der Waals surface area (Å²) in [6.45, 7) is 1.58. The fraction of sp³-hybridized carbons (Fsp3) is 0.300. The zero-order chi connectivity index (χ0) is 21.1. The zero-order valence-corrected chi connectivity index (χ0v) is 16.5. The Morgan fingerprint density at radius 1 is 1.14 bits per heavy atom. The number of nitrogens with zero attached hydrogens (tertiary/aromatic N) is 2. The molecule has 0 aliphatic rings. The maximum atomic E-state index is 12.3. The van der Waals surface area contributed by atoms with E-state index >= 15 is 0 Å². The third kappa shape index (κ3) is 4.29. The summed E-state index contributed by atoms with van der Waals surface area (Å²) >= 11 is 0. The number of carbonyl (C=O) groups excluding carboxylic acids is 2. The summed E-state index contributed by atoms with van der Waals surface area (Å²) in [5.41, 5.74) is 1.25. The van der Waals surface area contributed by atoms with Crippen molar-refractivity contribution in [3.05, 3.63) is 68.6 Å². The fourth-order valence-corrected chi connectivity index (χ4v) is 3.09. The number of aromatic amines is 1. The van der Waals surface area contributed by atoms with Crippen molar-refractivity contribution in [1.29, 1.82) is 0 Å². The molecule has 3 rings (SSSR count). The van der Waals surface area contributed by atoms with E-state index in [1.54, 1.807) is 13.1 Å². The normalized spacial score (nSPS) is 12.0. The second-order valence-corrected chi connectivity index (χ2v) is 6.92. The highest BCUT2D eigenvalue weighted by Crippen LogP contribution is 2.17. The minimum Gasteiger partial charge on any atom is -0.361 e. The highest BCUT2D eigenvalue weighted by molar-refractivity contribution is 5.91. The number of para-hydroxylation sites is 1. The van der Waals surface area contributed by atoms with Gasteiger partial charge in [-0.3, -0.25) is 23.5 Å². The summed E-state index contributed by atoms with van der Waals surface area (Å²) in [6, 6.07) is 8.19. The summed E-state index contributed by atoms with van der Waals surface area (Å²) < 4.78 is 2.28. The Kier molecular flexibility index (Phi) is 5.67. The molecule has 2 aromatic heterocycles. The average Bonchev–Trinajstić information content (AvgIpc) is 3.10. The molecule has 2 amide bonds. The minimum atomic E-state index is -0.767. The Morgan fingerprint density at radius 3 is 2.62 bits per heavy atom. The van der Waals surface area contributed by atoms with Gasteiger partial charge in [-0.15, -0.1) is 0 Å². The second-order valence-electron chi connectivity index (χ2n) is 6.92. The van der Waals surface area contributed by atoms with Crippen molar-refractivity contribution in [3.63, 3.8) is 0 Å². The van der Waals surface area contributed by atoms with Gasteiger partial charge in [-0.2, -0.15) is 0 Å². The van der Waals surface area contributed by atoms with Crippen molar-refractivity contribution in [2.24, 2.45) is 14.1 Å². The molecule has 3 aromatic rings. The molecule has 9 nitrogen and oxygen atoms in total. The number of hydrogen-bond donors (Lipinski definition) is 3. The van der Waals surface area contributed by atoms with Gasteiger partial charge in [0.2, 0.25) is 11.8 Å². The molecular formula is C20H23N5O4. The van der Waals surface area contributed by atoms with Gasteiger partial charge in [0, 0.05) is 43.0 Å². The largest absolute Gasteiger partial charge is 0.361 e. The number of amides is 2. The Labute approximate surface area is 166 Å². The van der Waals surface area contributed by atoms with Gasteiger partial charge < -0.3 is 15.6 Å². The molecule has 0 fully saturated rings. The van der Waals surface area contributed by atoms with E-state index in [0.29, 0.717) is 5.69 Å². The molecule has 0 saturated carbocycles. The lowest BCUT2D eigenvalue weighted by Gasteiger charge is -2.15. The molecule has 29 heavy (non-hydrogen) atoms. The van der Waals surface area contributed by atoms with E-state index in [-0.39, 0.29) is 18.9 Å². The number of rotatable bonds is 6. The molecule has 2 heterocycles. The lowest BCUT2D eigenvalue weighted by Crippen LogP contribution is -2.46. The van der Waals surface area contributed by atoms with Crippen LogP contribution in [0.3, 0.4) is 0 Å². The Hall–Kier alpha value is -3.62. The SMILES string of the molecule is CC(NC(=O)Cc1c[nH]c2ccccc12)C(=O)NCc1cc(=O)n(C)c(=O)n1C. The minimum absolute atomic E-state index is 0.00329. The topological polar surface area (TPSA) is 118 Å². The van der Waals surface area contributed by atoms with E-state index in [4.69, 9.17) is 0 Å². The first kappa shape index (κ1) is 20.1. The van der Waals surface area contributed by atoms with E-state index in [9.17, 15) is 19.2 Å². The summed E-state index contributed by atoms with van der Waals surface area (Å²) in [7, 11) is 2.91. The van der Waals surface area contributed by atoms with Crippen molar-refractivity contribution in [2.75, 3.05) is 0 Å². The second kappa shape index (κ2) is 8.17. The van der Waals surface area contributed by atoms with Gasteiger partial charge in [0.05, 0.1) is 13.0 Å². The van der Waals surface area contributed by atoms with Gasteiger partial charge in [0.25, 0.3) is 5.56 Å². The molecule has 0 bridgehead atoms. The third-order valence-corrected chi connectivity index (χ3v) is 4.87. The number of H-pyrrole nitrogens is 1. The lowest BCUT2D eigenvalue weighted by molar-refractivity contribution is -0.128. The smallest absolute Gasteiger partial charge is 0.330 e.